The van der Waals surface area contributed by atoms with E-state index in [4.69, 9.17) is 4.42 Å². The zero-order valence-corrected chi connectivity index (χ0v) is 16.4. The molecule has 0 atom stereocenters. The zero-order valence-electron chi connectivity index (χ0n) is 16.4. The van der Waals surface area contributed by atoms with Crippen LogP contribution in [0.2, 0.25) is 0 Å². The summed E-state index contributed by atoms with van der Waals surface area (Å²) in [7, 11) is 0. The Labute approximate surface area is 152 Å². The summed E-state index contributed by atoms with van der Waals surface area (Å²) in [4.78, 5) is 0. The van der Waals surface area contributed by atoms with Gasteiger partial charge in [0.05, 0.1) is 6.26 Å². The third-order valence-corrected chi connectivity index (χ3v) is 5.80. The molecule has 0 aliphatic heterocycles. The van der Waals surface area contributed by atoms with Gasteiger partial charge in [0.25, 0.3) is 0 Å². The number of hydrogen-bond donors (Lipinski definition) is 0. The van der Waals surface area contributed by atoms with Gasteiger partial charge < -0.3 is 4.42 Å². The Bertz CT molecular complexity index is 828. The van der Waals surface area contributed by atoms with Crippen molar-refractivity contribution in [3.8, 4) is 0 Å². The predicted octanol–water partition coefficient (Wildman–Crippen LogP) is 7.05. The summed E-state index contributed by atoms with van der Waals surface area (Å²) in [6.45, 7) is 13.7. The van der Waals surface area contributed by atoms with Crippen molar-refractivity contribution in [2.75, 3.05) is 0 Å². The largest absolute Gasteiger partial charge is 0.465 e. The highest BCUT2D eigenvalue weighted by Crippen LogP contribution is 2.46. The van der Waals surface area contributed by atoms with Crippen LogP contribution < -0.4 is 0 Å². The molecule has 0 saturated heterocycles. The number of hydrogen-bond acceptors (Lipinski definition) is 1. The lowest BCUT2D eigenvalue weighted by molar-refractivity contribution is 0.332. The summed E-state index contributed by atoms with van der Waals surface area (Å²) in [5.41, 5.74) is 7.31. The molecule has 3 rings (SSSR count). The molecule has 1 aliphatic carbocycles. The maximum atomic E-state index is 5.46. The lowest BCUT2D eigenvalue weighted by Crippen LogP contribution is -2.33. The summed E-state index contributed by atoms with van der Waals surface area (Å²) in [5.74, 6) is 0.928. The minimum absolute atomic E-state index is 0.252. The van der Waals surface area contributed by atoms with E-state index in [0.29, 0.717) is 0 Å². The summed E-state index contributed by atoms with van der Waals surface area (Å²) in [6, 6.07) is 9.03. The lowest BCUT2D eigenvalue weighted by atomic mass is 9.63. The number of rotatable bonds is 3. The number of allylic oxidation sites excluding steroid dienone is 3. The second-order valence-electron chi connectivity index (χ2n) is 8.70. The van der Waals surface area contributed by atoms with Crippen LogP contribution in [0.1, 0.15) is 75.5 Å². The fraction of sp³-hybridized carbons (Fsp3) is 0.417. The van der Waals surface area contributed by atoms with Crippen LogP contribution in [0.25, 0.3) is 11.6 Å². The van der Waals surface area contributed by atoms with E-state index < -0.39 is 0 Å². The quantitative estimate of drug-likeness (QED) is 0.548. The smallest absolute Gasteiger partial charge is 0.129 e. The molecule has 1 aromatic heterocycles. The van der Waals surface area contributed by atoms with Crippen LogP contribution in [0.4, 0.5) is 0 Å². The fourth-order valence-electron chi connectivity index (χ4n) is 3.77. The van der Waals surface area contributed by atoms with Crippen LogP contribution in [0, 0.1) is 6.92 Å². The van der Waals surface area contributed by atoms with Crippen molar-refractivity contribution >= 4 is 11.6 Å². The summed E-state index contributed by atoms with van der Waals surface area (Å²) in [6.07, 6.45) is 10.5. The van der Waals surface area contributed by atoms with E-state index >= 15 is 0 Å². The van der Waals surface area contributed by atoms with Gasteiger partial charge in [0.1, 0.15) is 5.76 Å². The Kier molecular flexibility index (Phi) is 4.53. The van der Waals surface area contributed by atoms with Crippen molar-refractivity contribution in [2.45, 2.75) is 65.2 Å². The number of benzene rings is 1. The van der Waals surface area contributed by atoms with Gasteiger partial charge in [-0.3, -0.25) is 0 Å². The molecule has 0 unspecified atom stereocenters. The van der Waals surface area contributed by atoms with E-state index in [-0.39, 0.29) is 10.8 Å². The van der Waals surface area contributed by atoms with Crippen LogP contribution in [0.5, 0.6) is 0 Å². The van der Waals surface area contributed by atoms with Gasteiger partial charge in [0.15, 0.2) is 0 Å². The molecule has 1 heterocycles. The topological polar surface area (TPSA) is 13.1 Å². The normalized spacial score (nSPS) is 19.2. The highest BCUT2D eigenvalue weighted by atomic mass is 16.3. The Morgan fingerprint density at radius 3 is 2.32 bits per heavy atom. The molecule has 1 nitrogen and oxygen atoms in total. The molecule has 1 aromatic carbocycles. The van der Waals surface area contributed by atoms with Gasteiger partial charge in [-0.05, 0) is 77.5 Å². The minimum atomic E-state index is 0.252. The van der Waals surface area contributed by atoms with Gasteiger partial charge in [-0.2, -0.15) is 0 Å². The van der Waals surface area contributed by atoms with E-state index in [1.165, 1.54) is 40.7 Å². The predicted molar refractivity (Wildman–Crippen MR) is 108 cm³/mol. The van der Waals surface area contributed by atoms with Crippen LogP contribution in [0.15, 0.2) is 47.1 Å². The average molecular weight is 335 g/mol. The third kappa shape index (κ3) is 3.51. The van der Waals surface area contributed by atoms with Crippen molar-refractivity contribution < 1.29 is 4.42 Å². The molecule has 2 aromatic rings. The molecular formula is C24H30O. The van der Waals surface area contributed by atoms with E-state index in [2.05, 4.69) is 71.9 Å². The van der Waals surface area contributed by atoms with Crippen LogP contribution in [-0.2, 0) is 10.8 Å². The number of furan rings is 1. The second kappa shape index (κ2) is 6.37. The van der Waals surface area contributed by atoms with Crippen molar-refractivity contribution in [3.05, 3.63) is 70.7 Å². The second-order valence-corrected chi connectivity index (χ2v) is 8.70. The fourth-order valence-corrected chi connectivity index (χ4v) is 3.77. The summed E-state index contributed by atoms with van der Waals surface area (Å²) < 4.78 is 5.46. The standard InChI is InChI=1S/C24H30O/c1-17(8-7-9-22-18(2)12-15-25-22)19-10-11-20-21(16-19)24(5,6)14-13-23(20,3)4/h7-12,15-16H,13-14H2,1-6H3. The zero-order chi connectivity index (χ0) is 18.2. The van der Waals surface area contributed by atoms with Crippen molar-refractivity contribution in [1.82, 2.24) is 0 Å². The van der Waals surface area contributed by atoms with Crippen molar-refractivity contribution in [1.29, 1.82) is 0 Å². The highest BCUT2D eigenvalue weighted by molar-refractivity contribution is 5.68. The van der Waals surface area contributed by atoms with E-state index in [9.17, 15) is 0 Å². The molecule has 0 saturated carbocycles. The molecule has 0 N–H and O–H groups in total. The lowest BCUT2D eigenvalue weighted by Gasteiger charge is -2.42. The van der Waals surface area contributed by atoms with Crippen LogP contribution in [0.3, 0.4) is 0 Å². The minimum Gasteiger partial charge on any atom is -0.465 e. The molecule has 0 fully saturated rings. The summed E-state index contributed by atoms with van der Waals surface area (Å²) in [5, 5.41) is 0. The molecule has 0 amide bonds. The molecule has 0 bridgehead atoms. The van der Waals surface area contributed by atoms with Gasteiger partial charge in [-0.1, -0.05) is 58.0 Å². The maximum absolute atomic E-state index is 5.46. The van der Waals surface area contributed by atoms with E-state index in [0.717, 1.165) is 5.76 Å². The number of aryl methyl sites for hydroxylation is 1. The molecule has 1 aliphatic rings. The van der Waals surface area contributed by atoms with Gasteiger partial charge in [-0.15, -0.1) is 0 Å². The van der Waals surface area contributed by atoms with Crippen LogP contribution in [-0.4, -0.2) is 0 Å². The molecule has 0 spiro atoms. The monoisotopic (exact) mass is 334 g/mol. The Hall–Kier alpha value is -2.02. The first-order valence-corrected chi connectivity index (χ1v) is 9.25. The van der Waals surface area contributed by atoms with E-state index in [1.807, 2.05) is 12.1 Å². The highest BCUT2D eigenvalue weighted by Gasteiger charge is 2.36. The molecule has 1 heteroatoms. The van der Waals surface area contributed by atoms with Crippen LogP contribution >= 0.6 is 0 Å². The SMILES string of the molecule is CC(=CC=Cc1occc1C)c1ccc2c(c1)C(C)(C)CCC2(C)C. The third-order valence-electron chi connectivity index (χ3n) is 5.80. The molecular weight excluding hydrogens is 304 g/mol. The first-order chi connectivity index (χ1) is 11.7. The summed E-state index contributed by atoms with van der Waals surface area (Å²) >= 11 is 0. The molecule has 132 valence electrons. The van der Waals surface area contributed by atoms with E-state index in [1.54, 1.807) is 6.26 Å². The maximum Gasteiger partial charge on any atom is 0.129 e. The molecule has 0 radical (unpaired) electrons. The molecule has 25 heavy (non-hydrogen) atoms. The van der Waals surface area contributed by atoms with Gasteiger partial charge in [-0.25, -0.2) is 0 Å². The van der Waals surface area contributed by atoms with Crippen molar-refractivity contribution in [3.63, 3.8) is 0 Å². The number of fused-ring (bicyclic) bond motifs is 1. The Morgan fingerprint density at radius 2 is 1.68 bits per heavy atom. The van der Waals surface area contributed by atoms with Gasteiger partial charge in [0.2, 0.25) is 0 Å². The first kappa shape index (κ1) is 17.8. The first-order valence-electron chi connectivity index (χ1n) is 9.25. The van der Waals surface area contributed by atoms with Crippen molar-refractivity contribution in [2.24, 2.45) is 0 Å². The van der Waals surface area contributed by atoms with Gasteiger partial charge >= 0.3 is 0 Å². The average Bonchev–Trinajstić information content (AvgIpc) is 2.97. The van der Waals surface area contributed by atoms with Gasteiger partial charge in [0, 0.05) is 0 Å². The Balaban J connectivity index is 1.92. The Morgan fingerprint density at radius 1 is 1.00 bits per heavy atom.